The second-order valence-corrected chi connectivity index (χ2v) is 12.1. The highest BCUT2D eigenvalue weighted by Crippen LogP contribution is 2.46. The normalized spacial score (nSPS) is 23.6. The van der Waals surface area contributed by atoms with Crippen LogP contribution in [0.5, 0.6) is 6.01 Å². The second kappa shape index (κ2) is 11.8. The maximum Gasteiger partial charge on any atom is 0.318 e. The number of piperazine rings is 1. The van der Waals surface area contributed by atoms with Crippen molar-refractivity contribution in [3.05, 3.63) is 65.9 Å². The zero-order chi connectivity index (χ0) is 30.1. The van der Waals surface area contributed by atoms with Gasteiger partial charge in [-0.1, -0.05) is 43.8 Å². The van der Waals surface area contributed by atoms with E-state index in [1.165, 1.54) is 28.1 Å². The largest absolute Gasteiger partial charge is 0.467 e. The Labute approximate surface area is 254 Å². The Bertz CT molecular complexity index is 1570. The zero-order valence-electron chi connectivity index (χ0n) is 25.5. The van der Waals surface area contributed by atoms with Crippen molar-refractivity contribution in [3.63, 3.8) is 0 Å². The first-order valence-corrected chi connectivity index (χ1v) is 15.4. The number of fused-ring (bicyclic) bond motifs is 2. The van der Waals surface area contributed by atoms with Crippen molar-refractivity contribution in [2.75, 3.05) is 49.6 Å². The maximum atomic E-state index is 12.6. The number of anilines is 2. The molecule has 3 aliphatic rings. The second-order valence-electron chi connectivity index (χ2n) is 12.1. The summed E-state index contributed by atoms with van der Waals surface area (Å²) in [5.74, 6) is 0.841. The van der Waals surface area contributed by atoms with Crippen molar-refractivity contribution in [2.45, 2.75) is 63.6 Å². The lowest BCUT2D eigenvalue weighted by atomic mass is 9.76. The van der Waals surface area contributed by atoms with Crippen LogP contribution in [0.4, 0.5) is 11.5 Å². The number of ether oxygens (including phenoxy) is 1. The highest BCUT2D eigenvalue weighted by Gasteiger charge is 2.45. The fraction of sp³-hybridized carbons (Fsp3) is 0.471. The van der Waals surface area contributed by atoms with Crippen molar-refractivity contribution in [1.29, 1.82) is 5.26 Å². The van der Waals surface area contributed by atoms with E-state index in [2.05, 4.69) is 78.0 Å². The molecule has 2 unspecified atom stereocenters. The standard InChI is InChI=1S/C34H41N7O2/c1-5-23-10-7-11-24-12-8-13-28(30(23)24)40-21-26(34(3)15-9-17-36-34)31-27(22-40)37-33(43-4)38-32(31)39-18-19-41(29(42)6-2)25(20-39)14-16-35/h6-8,10-13,25-26,36H,2,5,9,14-15,17-22H2,1,3-4H3/t25-,26?,34?/m0/s1. The number of nitrogens with one attached hydrogen (secondary N) is 1. The lowest BCUT2D eigenvalue weighted by Gasteiger charge is -2.46. The van der Waals surface area contributed by atoms with Crippen molar-refractivity contribution in [2.24, 2.45) is 0 Å². The van der Waals surface area contributed by atoms with E-state index in [4.69, 9.17) is 14.7 Å². The Morgan fingerprint density at radius 2 is 2.02 bits per heavy atom. The Balaban J connectivity index is 1.48. The molecule has 0 radical (unpaired) electrons. The van der Waals surface area contributed by atoms with Gasteiger partial charge in [0, 0.05) is 54.3 Å². The summed E-state index contributed by atoms with van der Waals surface area (Å²) >= 11 is 0. The van der Waals surface area contributed by atoms with Crippen LogP contribution in [0.3, 0.4) is 0 Å². The Morgan fingerprint density at radius 1 is 1.21 bits per heavy atom. The molecule has 6 rings (SSSR count). The third-order valence-corrected chi connectivity index (χ3v) is 9.69. The molecule has 4 heterocycles. The predicted molar refractivity (Wildman–Crippen MR) is 169 cm³/mol. The molecule has 3 atom stereocenters. The molecule has 43 heavy (non-hydrogen) atoms. The van der Waals surface area contributed by atoms with Crippen LogP contribution in [0.2, 0.25) is 0 Å². The third kappa shape index (κ3) is 5.18. The summed E-state index contributed by atoms with van der Waals surface area (Å²) in [6.45, 7) is 12.3. The van der Waals surface area contributed by atoms with E-state index in [-0.39, 0.29) is 29.8 Å². The van der Waals surface area contributed by atoms with Gasteiger partial charge in [-0.05, 0) is 55.8 Å². The molecule has 9 nitrogen and oxygen atoms in total. The van der Waals surface area contributed by atoms with Crippen LogP contribution in [-0.4, -0.2) is 72.2 Å². The molecule has 1 amide bonds. The highest BCUT2D eigenvalue weighted by molar-refractivity contribution is 5.97. The van der Waals surface area contributed by atoms with Crippen LogP contribution in [0.15, 0.2) is 49.1 Å². The van der Waals surface area contributed by atoms with E-state index in [0.29, 0.717) is 32.2 Å². The first-order valence-electron chi connectivity index (χ1n) is 15.4. The van der Waals surface area contributed by atoms with Gasteiger partial charge in [0.05, 0.1) is 37.9 Å². The van der Waals surface area contributed by atoms with Crippen LogP contribution < -0.4 is 19.9 Å². The Hall–Kier alpha value is -4.16. The van der Waals surface area contributed by atoms with Crippen LogP contribution in [0.1, 0.15) is 55.8 Å². The predicted octanol–water partition coefficient (Wildman–Crippen LogP) is 4.56. The minimum Gasteiger partial charge on any atom is -0.467 e. The molecule has 1 N–H and O–H groups in total. The molecule has 2 fully saturated rings. The maximum absolute atomic E-state index is 12.6. The van der Waals surface area contributed by atoms with Crippen molar-refractivity contribution >= 4 is 28.2 Å². The number of nitrogens with zero attached hydrogens (tertiary/aromatic N) is 6. The molecule has 1 aromatic heterocycles. The van der Waals surface area contributed by atoms with Crippen LogP contribution >= 0.6 is 0 Å². The summed E-state index contributed by atoms with van der Waals surface area (Å²) in [7, 11) is 1.61. The molecular weight excluding hydrogens is 538 g/mol. The highest BCUT2D eigenvalue weighted by atomic mass is 16.5. The molecule has 2 aromatic carbocycles. The van der Waals surface area contributed by atoms with E-state index in [1.54, 1.807) is 12.0 Å². The molecule has 0 bridgehead atoms. The van der Waals surface area contributed by atoms with Gasteiger partial charge in [0.15, 0.2) is 0 Å². The van der Waals surface area contributed by atoms with Crippen LogP contribution in [0.25, 0.3) is 10.8 Å². The summed E-state index contributed by atoms with van der Waals surface area (Å²) in [6, 6.07) is 15.6. The average molecular weight is 580 g/mol. The smallest absolute Gasteiger partial charge is 0.318 e. The van der Waals surface area contributed by atoms with Crippen molar-refractivity contribution < 1.29 is 9.53 Å². The van der Waals surface area contributed by atoms with Crippen molar-refractivity contribution in [1.82, 2.24) is 20.2 Å². The summed E-state index contributed by atoms with van der Waals surface area (Å²) in [6.07, 6.45) is 4.73. The number of nitriles is 1. The number of carbonyl (C=O) groups excluding carboxylic acids is 1. The van der Waals surface area contributed by atoms with Gasteiger partial charge in [0.25, 0.3) is 0 Å². The number of carbonyl (C=O) groups is 1. The topological polar surface area (TPSA) is 97.6 Å². The fourth-order valence-corrected chi connectivity index (χ4v) is 7.46. The molecular formula is C34H41N7O2. The van der Waals surface area contributed by atoms with Gasteiger partial charge in [-0.3, -0.25) is 4.79 Å². The van der Waals surface area contributed by atoms with E-state index < -0.39 is 0 Å². The number of aromatic nitrogens is 2. The van der Waals surface area contributed by atoms with Gasteiger partial charge in [0.1, 0.15) is 5.82 Å². The van der Waals surface area contributed by atoms with E-state index in [1.807, 2.05) is 0 Å². The molecule has 0 spiro atoms. The first-order chi connectivity index (χ1) is 20.9. The minimum atomic E-state index is -0.247. The number of aryl methyl sites for hydroxylation is 1. The third-order valence-electron chi connectivity index (χ3n) is 9.69. The van der Waals surface area contributed by atoms with Gasteiger partial charge in [-0.25, -0.2) is 0 Å². The van der Waals surface area contributed by atoms with Crippen molar-refractivity contribution in [3.8, 4) is 12.1 Å². The quantitative estimate of drug-likeness (QED) is 0.407. The molecule has 0 aliphatic carbocycles. The SMILES string of the molecule is C=CC(=O)N1CCN(c2nc(OC)nc3c2C(C2(C)CCCN2)CN(c2cccc4cccc(CC)c24)C3)C[C@@H]1CC#N. The number of rotatable bonds is 7. The minimum absolute atomic E-state index is 0.117. The zero-order valence-corrected chi connectivity index (χ0v) is 25.5. The lowest BCUT2D eigenvalue weighted by molar-refractivity contribution is -0.128. The number of hydrogen-bond donors (Lipinski definition) is 1. The van der Waals surface area contributed by atoms with Gasteiger partial charge in [0.2, 0.25) is 5.91 Å². The van der Waals surface area contributed by atoms with Gasteiger partial charge in [-0.15, -0.1) is 0 Å². The molecule has 224 valence electrons. The number of methoxy groups -OCH3 is 1. The Morgan fingerprint density at radius 3 is 2.72 bits per heavy atom. The average Bonchev–Trinajstić information content (AvgIpc) is 3.50. The summed E-state index contributed by atoms with van der Waals surface area (Å²) in [5.41, 5.74) is 4.57. The fourth-order valence-electron chi connectivity index (χ4n) is 7.46. The first kappa shape index (κ1) is 28.9. The lowest BCUT2D eigenvalue weighted by Crippen LogP contribution is -2.56. The van der Waals surface area contributed by atoms with Gasteiger partial charge < -0.3 is 24.8 Å². The molecule has 3 aromatic rings. The van der Waals surface area contributed by atoms with E-state index in [0.717, 1.165) is 49.4 Å². The number of benzene rings is 2. The molecule has 3 aliphatic heterocycles. The van der Waals surface area contributed by atoms with E-state index in [9.17, 15) is 10.1 Å². The summed E-state index contributed by atoms with van der Waals surface area (Å²) in [5, 5.41) is 16.0. The number of amides is 1. The van der Waals surface area contributed by atoms with Gasteiger partial charge in [-0.2, -0.15) is 15.2 Å². The summed E-state index contributed by atoms with van der Waals surface area (Å²) < 4.78 is 5.68. The molecule has 0 saturated carbocycles. The molecule has 2 saturated heterocycles. The van der Waals surface area contributed by atoms with Crippen LogP contribution in [0, 0.1) is 11.3 Å². The Kier molecular flexibility index (Phi) is 7.97. The summed E-state index contributed by atoms with van der Waals surface area (Å²) in [4.78, 5) is 29.1. The monoisotopic (exact) mass is 579 g/mol. The van der Waals surface area contributed by atoms with Gasteiger partial charge >= 0.3 is 6.01 Å². The van der Waals surface area contributed by atoms with E-state index >= 15 is 0 Å². The number of hydrogen-bond acceptors (Lipinski definition) is 8. The van der Waals surface area contributed by atoms with Crippen LogP contribution in [-0.2, 0) is 17.8 Å². The molecule has 9 heteroatoms.